The van der Waals surface area contributed by atoms with Crippen LogP contribution in [0.5, 0.6) is 0 Å². The number of rotatable bonds is 8. The van der Waals surface area contributed by atoms with Crippen molar-refractivity contribution in [1.82, 2.24) is 0 Å². The van der Waals surface area contributed by atoms with Crippen LogP contribution in [0.25, 0.3) is 32.3 Å². The van der Waals surface area contributed by atoms with Crippen LogP contribution in [0, 0.1) is 11.8 Å². The van der Waals surface area contributed by atoms with Gasteiger partial charge in [0.2, 0.25) is 0 Å². The van der Waals surface area contributed by atoms with Gasteiger partial charge in [-0.2, -0.15) is 0 Å². The molecule has 0 bridgehead atoms. The average Bonchev–Trinajstić information content (AvgIpc) is 3.22. The normalized spacial score (nSPS) is 23.4. The maximum atomic E-state index is 6.98. The standard InChI is InChI=1S/C51H48N2/c52-49(34-40(35-13-2-1-3-14-35)26-25-37-19-12-18-36-15-4-7-20-43(36)37)39-27-30-42(31-28-39)53-50-24-11-10-23-46(50)48-33-41-17-6-8-21-44(41)47-32-29-38-16-5-9-22-45(38)51(47)48/h1-2,4-11,13,15-17,21-34,37,43,46,49-50,53H,3,12,14,18-20,52H2/b26-25+,40-34+. The first-order chi connectivity index (χ1) is 26.2. The van der Waals surface area contributed by atoms with Gasteiger partial charge < -0.3 is 11.1 Å². The highest BCUT2D eigenvalue weighted by molar-refractivity contribution is 6.19. The Balaban J connectivity index is 0.988. The second kappa shape index (κ2) is 14.9. The maximum absolute atomic E-state index is 6.98. The summed E-state index contributed by atoms with van der Waals surface area (Å²) >= 11 is 0. The van der Waals surface area contributed by atoms with E-state index in [-0.39, 0.29) is 18.0 Å². The first-order valence-corrected chi connectivity index (χ1v) is 19.6. The van der Waals surface area contributed by atoms with Gasteiger partial charge in [0.15, 0.2) is 0 Å². The maximum Gasteiger partial charge on any atom is 0.0551 e. The first kappa shape index (κ1) is 33.4. The summed E-state index contributed by atoms with van der Waals surface area (Å²) in [7, 11) is 0. The fourth-order valence-electron chi connectivity index (χ4n) is 9.23. The number of nitrogens with two attached hydrogens (primary N) is 1. The van der Waals surface area contributed by atoms with Gasteiger partial charge in [-0.25, -0.2) is 0 Å². The highest BCUT2D eigenvalue weighted by atomic mass is 14.9. The number of fused-ring (bicyclic) bond motifs is 6. The summed E-state index contributed by atoms with van der Waals surface area (Å²) in [4.78, 5) is 0. The molecule has 0 amide bonds. The Hall–Kier alpha value is -5.44. The van der Waals surface area contributed by atoms with Crippen molar-refractivity contribution >= 4 is 38.0 Å². The molecule has 0 heterocycles. The molecule has 4 aliphatic carbocycles. The fraction of sp³-hybridized carbons (Fsp3) is 0.216. The van der Waals surface area contributed by atoms with Crippen molar-refractivity contribution in [2.75, 3.05) is 5.32 Å². The minimum absolute atomic E-state index is 0.0978. The lowest BCUT2D eigenvalue weighted by Gasteiger charge is -2.33. The van der Waals surface area contributed by atoms with Crippen molar-refractivity contribution in [2.24, 2.45) is 17.6 Å². The highest BCUT2D eigenvalue weighted by Gasteiger charge is 2.28. The number of benzene rings is 5. The summed E-state index contributed by atoms with van der Waals surface area (Å²) in [6.07, 6.45) is 37.0. The predicted molar refractivity (Wildman–Crippen MR) is 227 cm³/mol. The third-order valence-electron chi connectivity index (χ3n) is 12.0. The van der Waals surface area contributed by atoms with Gasteiger partial charge in [0, 0.05) is 17.6 Å². The van der Waals surface area contributed by atoms with Gasteiger partial charge in [-0.15, -0.1) is 0 Å². The molecule has 0 spiro atoms. The van der Waals surface area contributed by atoms with Crippen LogP contribution in [0.4, 0.5) is 5.69 Å². The van der Waals surface area contributed by atoms with Gasteiger partial charge in [0.1, 0.15) is 0 Å². The summed E-state index contributed by atoms with van der Waals surface area (Å²) < 4.78 is 0. The Labute approximate surface area is 314 Å². The van der Waals surface area contributed by atoms with Crippen LogP contribution in [0.1, 0.15) is 61.6 Å². The van der Waals surface area contributed by atoms with Crippen LogP contribution in [0.15, 0.2) is 187 Å². The van der Waals surface area contributed by atoms with E-state index in [1.165, 1.54) is 68.3 Å². The molecule has 1 fully saturated rings. The Morgan fingerprint density at radius 3 is 2.43 bits per heavy atom. The lowest BCUT2D eigenvalue weighted by atomic mass is 9.72. The van der Waals surface area contributed by atoms with Crippen LogP contribution in [-0.2, 0) is 0 Å². The van der Waals surface area contributed by atoms with Crippen LogP contribution in [0.2, 0.25) is 0 Å². The monoisotopic (exact) mass is 688 g/mol. The van der Waals surface area contributed by atoms with Gasteiger partial charge >= 0.3 is 0 Å². The lowest BCUT2D eigenvalue weighted by molar-refractivity contribution is 0.361. The first-order valence-electron chi connectivity index (χ1n) is 19.6. The molecule has 5 unspecified atom stereocenters. The zero-order valence-electron chi connectivity index (χ0n) is 30.4. The molecule has 53 heavy (non-hydrogen) atoms. The second-order valence-corrected chi connectivity index (χ2v) is 15.2. The topological polar surface area (TPSA) is 38.0 Å². The van der Waals surface area contributed by atoms with Crippen molar-refractivity contribution < 1.29 is 0 Å². The highest BCUT2D eigenvalue weighted by Crippen LogP contribution is 2.42. The van der Waals surface area contributed by atoms with E-state index in [4.69, 9.17) is 5.73 Å². The minimum Gasteiger partial charge on any atom is -0.378 e. The molecule has 0 radical (unpaired) electrons. The molecule has 0 aromatic heterocycles. The van der Waals surface area contributed by atoms with Gasteiger partial charge in [0.05, 0.1) is 6.04 Å². The largest absolute Gasteiger partial charge is 0.378 e. The second-order valence-electron chi connectivity index (χ2n) is 15.2. The van der Waals surface area contributed by atoms with Crippen molar-refractivity contribution in [3.8, 4) is 0 Å². The lowest BCUT2D eigenvalue weighted by Crippen LogP contribution is -2.26. The molecule has 0 aliphatic heterocycles. The number of allylic oxidation sites excluding steroid dienone is 13. The Morgan fingerprint density at radius 1 is 0.755 bits per heavy atom. The Bertz CT molecular complexity index is 2410. The van der Waals surface area contributed by atoms with E-state index in [1.807, 2.05) is 0 Å². The summed E-state index contributed by atoms with van der Waals surface area (Å²) in [5, 5.41) is 11.7. The molecule has 5 aromatic rings. The molecule has 2 nitrogen and oxygen atoms in total. The molecule has 262 valence electrons. The van der Waals surface area contributed by atoms with Crippen molar-refractivity contribution in [3.05, 3.63) is 198 Å². The van der Waals surface area contributed by atoms with E-state index >= 15 is 0 Å². The predicted octanol–water partition coefficient (Wildman–Crippen LogP) is 12.9. The van der Waals surface area contributed by atoms with Gasteiger partial charge in [0.25, 0.3) is 0 Å². The Kier molecular flexibility index (Phi) is 9.38. The zero-order chi connectivity index (χ0) is 35.6. The van der Waals surface area contributed by atoms with E-state index in [1.54, 1.807) is 5.57 Å². The van der Waals surface area contributed by atoms with Crippen LogP contribution in [-0.4, -0.2) is 6.04 Å². The van der Waals surface area contributed by atoms with E-state index in [2.05, 4.69) is 175 Å². The van der Waals surface area contributed by atoms with E-state index in [9.17, 15) is 0 Å². The molecular weight excluding hydrogens is 641 g/mol. The van der Waals surface area contributed by atoms with Crippen molar-refractivity contribution in [2.45, 2.75) is 56.5 Å². The molecule has 1 saturated carbocycles. The number of nitrogens with one attached hydrogen (secondary N) is 1. The minimum atomic E-state index is -0.197. The summed E-state index contributed by atoms with van der Waals surface area (Å²) in [5.74, 6) is 1.40. The molecule has 5 aromatic carbocycles. The number of hydrogen-bond acceptors (Lipinski definition) is 2. The molecule has 2 heteroatoms. The van der Waals surface area contributed by atoms with E-state index < -0.39 is 0 Å². The SMILES string of the molecule is NC(/C=C(\C=C\C1CCCC2=CC=CCC21)C1=CC=CCC1)c1ccc(NC2C=CC=CC2c2cc3ccccc3c3ccc4ccccc4c23)cc1. The van der Waals surface area contributed by atoms with Crippen LogP contribution >= 0.6 is 0 Å². The summed E-state index contributed by atoms with van der Waals surface area (Å²) in [6, 6.07) is 33.3. The van der Waals surface area contributed by atoms with Crippen LogP contribution in [0.3, 0.4) is 0 Å². The zero-order valence-corrected chi connectivity index (χ0v) is 30.4. The summed E-state index contributed by atoms with van der Waals surface area (Å²) in [6.45, 7) is 0. The average molecular weight is 689 g/mol. The number of anilines is 1. The van der Waals surface area contributed by atoms with Crippen molar-refractivity contribution in [1.29, 1.82) is 0 Å². The molecule has 4 aliphatic rings. The molecule has 3 N–H and O–H groups in total. The molecular formula is C51H48N2. The van der Waals surface area contributed by atoms with Crippen molar-refractivity contribution in [3.63, 3.8) is 0 Å². The molecule has 0 saturated heterocycles. The van der Waals surface area contributed by atoms with E-state index in [0.29, 0.717) is 11.8 Å². The van der Waals surface area contributed by atoms with E-state index in [0.717, 1.165) is 30.5 Å². The van der Waals surface area contributed by atoms with Crippen LogP contribution < -0.4 is 11.1 Å². The summed E-state index contributed by atoms with van der Waals surface area (Å²) in [5.41, 5.74) is 14.8. The third-order valence-corrected chi connectivity index (χ3v) is 12.0. The quantitative estimate of drug-likeness (QED) is 0.126. The third kappa shape index (κ3) is 6.80. The fourth-order valence-corrected chi connectivity index (χ4v) is 9.23. The van der Waals surface area contributed by atoms with Gasteiger partial charge in [-0.3, -0.25) is 0 Å². The molecule has 9 rings (SSSR count). The Morgan fingerprint density at radius 2 is 1.57 bits per heavy atom. The van der Waals surface area contributed by atoms with Gasteiger partial charge in [-0.1, -0.05) is 157 Å². The smallest absolute Gasteiger partial charge is 0.0551 e. The van der Waals surface area contributed by atoms with Gasteiger partial charge in [-0.05, 0) is 123 Å². The molecule has 5 atom stereocenters. The number of hydrogen-bond donors (Lipinski definition) is 2.